The van der Waals surface area contributed by atoms with E-state index in [0.29, 0.717) is 17.4 Å². The van der Waals surface area contributed by atoms with Crippen LogP contribution in [-0.2, 0) is 4.74 Å². The topological polar surface area (TPSA) is 82.6 Å². The smallest absolute Gasteiger partial charge is 0.407 e. The van der Waals surface area contributed by atoms with E-state index in [1.807, 2.05) is 45.9 Å². The molecule has 156 valence electrons. The van der Waals surface area contributed by atoms with Gasteiger partial charge in [-0.15, -0.1) is 0 Å². The summed E-state index contributed by atoms with van der Waals surface area (Å²) in [6, 6.07) is 5.89. The normalized spacial score (nSPS) is 27.9. The van der Waals surface area contributed by atoms with Crippen molar-refractivity contribution in [3.63, 3.8) is 0 Å². The lowest BCUT2D eigenvalue weighted by atomic mass is 9.76. The predicted octanol–water partition coefficient (Wildman–Crippen LogP) is 4.73. The van der Waals surface area contributed by atoms with Crippen molar-refractivity contribution in [1.82, 2.24) is 5.32 Å². The summed E-state index contributed by atoms with van der Waals surface area (Å²) < 4.78 is 5.37. The second-order valence-electron chi connectivity index (χ2n) is 9.16. The van der Waals surface area contributed by atoms with E-state index in [2.05, 4.69) is 16.0 Å². The molecular weight excluding hydrogens is 378 g/mol. The number of fused-ring (bicyclic) bond motifs is 1. The summed E-state index contributed by atoms with van der Waals surface area (Å²) in [6.45, 7) is 7.41. The number of halogens is 1. The Bertz CT molecular complexity index is 711. The molecule has 4 N–H and O–H groups in total. The number of nitrogens with one attached hydrogen (secondary N) is 3. The van der Waals surface area contributed by atoms with E-state index >= 15 is 0 Å². The molecule has 0 radical (unpaired) electrons. The van der Waals surface area contributed by atoms with Crippen molar-refractivity contribution < 1.29 is 14.6 Å². The van der Waals surface area contributed by atoms with Gasteiger partial charge in [0.15, 0.2) is 0 Å². The van der Waals surface area contributed by atoms with Gasteiger partial charge in [-0.25, -0.2) is 4.79 Å². The number of aliphatic hydroxyl groups is 1. The number of anilines is 2. The molecule has 1 aromatic rings. The van der Waals surface area contributed by atoms with Crippen molar-refractivity contribution in [2.45, 2.75) is 83.2 Å². The average Bonchev–Trinajstić information content (AvgIpc) is 2.91. The highest BCUT2D eigenvalue weighted by atomic mass is 35.5. The number of hydrogen-bond acceptors (Lipinski definition) is 5. The molecule has 3 rings (SSSR count). The molecule has 1 heterocycles. The molecule has 0 bridgehead atoms. The first kappa shape index (κ1) is 21.1. The standard InChI is InChI=1S/C21H32ClN3O3/c1-13(26)12-21(24-17-10-7-15(22)11-18(17)25-21)14-5-8-16(9-6-14)23-19(27)28-20(2,3)4/h7,10-11,13-14,16,24-26H,5-6,8-9,12H2,1-4H3,(H,23,27). The van der Waals surface area contributed by atoms with Crippen LogP contribution in [0.5, 0.6) is 0 Å². The molecule has 1 amide bonds. The van der Waals surface area contributed by atoms with E-state index in [-0.39, 0.29) is 12.1 Å². The Morgan fingerprint density at radius 3 is 2.54 bits per heavy atom. The third-order valence-electron chi connectivity index (χ3n) is 5.46. The van der Waals surface area contributed by atoms with E-state index < -0.39 is 17.4 Å². The molecule has 2 aliphatic rings. The minimum Gasteiger partial charge on any atom is -0.444 e. The predicted molar refractivity (Wildman–Crippen MR) is 113 cm³/mol. The molecule has 28 heavy (non-hydrogen) atoms. The third-order valence-corrected chi connectivity index (χ3v) is 5.69. The maximum Gasteiger partial charge on any atom is 0.407 e. The van der Waals surface area contributed by atoms with Gasteiger partial charge in [0, 0.05) is 23.4 Å². The molecule has 0 aromatic heterocycles. The molecule has 1 fully saturated rings. The van der Waals surface area contributed by atoms with E-state index in [9.17, 15) is 9.90 Å². The summed E-state index contributed by atoms with van der Waals surface area (Å²) in [7, 11) is 0. The van der Waals surface area contributed by atoms with Gasteiger partial charge in [-0.1, -0.05) is 11.6 Å². The van der Waals surface area contributed by atoms with Gasteiger partial charge in [-0.05, 0) is 71.6 Å². The van der Waals surface area contributed by atoms with Crippen LogP contribution in [-0.4, -0.2) is 34.6 Å². The fourth-order valence-corrected chi connectivity index (χ4v) is 4.56. The van der Waals surface area contributed by atoms with E-state index in [0.717, 1.165) is 37.1 Å². The van der Waals surface area contributed by atoms with Crippen molar-refractivity contribution in [2.24, 2.45) is 5.92 Å². The SMILES string of the molecule is CC(O)CC1(C2CCC(NC(=O)OC(C)(C)C)CC2)Nc2ccc(Cl)cc2N1. The van der Waals surface area contributed by atoms with E-state index in [4.69, 9.17) is 16.3 Å². The van der Waals surface area contributed by atoms with Gasteiger partial charge < -0.3 is 25.8 Å². The monoisotopic (exact) mass is 409 g/mol. The van der Waals surface area contributed by atoms with Crippen LogP contribution in [0.2, 0.25) is 5.02 Å². The van der Waals surface area contributed by atoms with Crippen LogP contribution in [0.1, 0.15) is 59.8 Å². The molecule has 1 aliphatic heterocycles. The van der Waals surface area contributed by atoms with Crippen LogP contribution in [0, 0.1) is 5.92 Å². The quantitative estimate of drug-likeness (QED) is 0.578. The molecule has 2 atom stereocenters. The van der Waals surface area contributed by atoms with Gasteiger partial charge in [-0.3, -0.25) is 0 Å². The Hall–Kier alpha value is -1.66. The molecule has 1 aliphatic carbocycles. The largest absolute Gasteiger partial charge is 0.444 e. The first-order chi connectivity index (χ1) is 13.1. The van der Waals surface area contributed by atoms with Gasteiger partial charge in [-0.2, -0.15) is 0 Å². The van der Waals surface area contributed by atoms with Gasteiger partial charge in [0.05, 0.1) is 17.5 Å². The number of alkyl carbamates (subject to hydrolysis) is 1. The molecule has 2 unspecified atom stereocenters. The molecule has 7 heteroatoms. The first-order valence-corrected chi connectivity index (χ1v) is 10.5. The zero-order chi connectivity index (χ0) is 20.5. The minimum atomic E-state index is -0.493. The maximum atomic E-state index is 12.1. The number of aliphatic hydroxyl groups excluding tert-OH is 1. The summed E-state index contributed by atoms with van der Waals surface area (Å²) in [4.78, 5) is 12.1. The summed E-state index contributed by atoms with van der Waals surface area (Å²) in [5, 5.41) is 21.1. The Labute approximate surface area is 172 Å². The maximum absolute atomic E-state index is 12.1. The van der Waals surface area contributed by atoms with Crippen LogP contribution in [0.3, 0.4) is 0 Å². The van der Waals surface area contributed by atoms with Crippen molar-refractivity contribution in [1.29, 1.82) is 0 Å². The number of rotatable bonds is 4. The summed E-state index contributed by atoms with van der Waals surface area (Å²) in [6.07, 6.45) is 3.44. The van der Waals surface area contributed by atoms with Crippen molar-refractivity contribution >= 4 is 29.1 Å². The second kappa shape index (κ2) is 7.99. The fraction of sp³-hybridized carbons (Fsp3) is 0.667. The molecule has 6 nitrogen and oxygen atoms in total. The second-order valence-corrected chi connectivity index (χ2v) is 9.60. The number of hydrogen-bond donors (Lipinski definition) is 4. The number of amides is 1. The lowest BCUT2D eigenvalue weighted by Gasteiger charge is -2.43. The molecule has 0 saturated heterocycles. The van der Waals surface area contributed by atoms with Gasteiger partial charge in [0.1, 0.15) is 11.3 Å². The van der Waals surface area contributed by atoms with Crippen molar-refractivity contribution in [2.75, 3.05) is 10.6 Å². The highest BCUT2D eigenvalue weighted by Gasteiger charge is 2.45. The van der Waals surface area contributed by atoms with Gasteiger partial charge in [0.2, 0.25) is 0 Å². The number of benzene rings is 1. The van der Waals surface area contributed by atoms with Gasteiger partial charge >= 0.3 is 6.09 Å². The van der Waals surface area contributed by atoms with E-state index in [1.54, 1.807) is 0 Å². The van der Waals surface area contributed by atoms with Crippen LogP contribution in [0.25, 0.3) is 0 Å². The zero-order valence-corrected chi connectivity index (χ0v) is 17.9. The van der Waals surface area contributed by atoms with E-state index in [1.165, 1.54) is 0 Å². The number of carbonyl (C=O) groups excluding carboxylic acids is 1. The number of carbonyl (C=O) groups is 1. The molecule has 1 saturated carbocycles. The van der Waals surface area contributed by atoms with Crippen LogP contribution < -0.4 is 16.0 Å². The lowest BCUT2D eigenvalue weighted by molar-refractivity contribution is 0.0479. The third kappa shape index (κ3) is 5.03. The van der Waals surface area contributed by atoms with Crippen molar-refractivity contribution in [3.05, 3.63) is 23.2 Å². The molecule has 1 aromatic carbocycles. The highest BCUT2D eigenvalue weighted by molar-refractivity contribution is 6.31. The van der Waals surface area contributed by atoms with Crippen LogP contribution in [0.4, 0.5) is 16.2 Å². The van der Waals surface area contributed by atoms with Crippen LogP contribution in [0.15, 0.2) is 18.2 Å². The lowest BCUT2D eigenvalue weighted by Crippen LogP contribution is -2.53. The van der Waals surface area contributed by atoms with Crippen LogP contribution >= 0.6 is 11.6 Å². The first-order valence-electron chi connectivity index (χ1n) is 10.1. The summed E-state index contributed by atoms with van der Waals surface area (Å²) in [5.41, 5.74) is 1.09. The Balaban J connectivity index is 1.64. The molecular formula is C21H32ClN3O3. The minimum absolute atomic E-state index is 0.118. The summed E-state index contributed by atoms with van der Waals surface area (Å²) in [5.74, 6) is 0.324. The molecule has 0 spiro atoms. The zero-order valence-electron chi connectivity index (χ0n) is 17.1. The fourth-order valence-electron chi connectivity index (χ4n) is 4.38. The Morgan fingerprint density at radius 1 is 1.29 bits per heavy atom. The van der Waals surface area contributed by atoms with Crippen molar-refractivity contribution in [3.8, 4) is 0 Å². The highest BCUT2D eigenvalue weighted by Crippen LogP contribution is 2.45. The number of ether oxygens (including phenoxy) is 1. The Morgan fingerprint density at radius 2 is 1.93 bits per heavy atom. The van der Waals surface area contributed by atoms with Gasteiger partial charge in [0.25, 0.3) is 0 Å². The Kier molecular flexibility index (Phi) is 6.01. The summed E-state index contributed by atoms with van der Waals surface area (Å²) >= 11 is 6.15. The average molecular weight is 410 g/mol.